The van der Waals surface area contributed by atoms with Gasteiger partial charge in [-0.3, -0.25) is 14.9 Å². The minimum Gasteiger partial charge on any atom is -0.366 e. The number of amides is 1. The van der Waals surface area contributed by atoms with Crippen molar-refractivity contribution in [1.82, 2.24) is 15.0 Å². The van der Waals surface area contributed by atoms with Gasteiger partial charge in [-0.2, -0.15) is 4.80 Å². The van der Waals surface area contributed by atoms with Gasteiger partial charge in [0.05, 0.1) is 10.6 Å². The number of nitro groups is 1. The van der Waals surface area contributed by atoms with E-state index in [1.807, 2.05) is 30.0 Å². The summed E-state index contributed by atoms with van der Waals surface area (Å²) in [5.41, 5.74) is 4.11. The molecule has 1 aromatic heterocycles. The molecule has 0 unspecified atom stereocenters. The van der Waals surface area contributed by atoms with E-state index in [4.69, 9.17) is 11.6 Å². The SMILES string of the molecule is Cc1cc2nn(-c3ccc(Cl)cc3)nc2cc1NC(=O)c1ccc(N2CCCC2)c([N+](=O)[O-])c1. The fraction of sp³-hybridized carbons (Fsp3) is 0.208. The van der Waals surface area contributed by atoms with Crippen LogP contribution in [0.2, 0.25) is 5.02 Å². The molecular formula is C24H21ClN6O3. The Bertz CT molecular complexity index is 1410. The third-order valence-corrected chi connectivity index (χ3v) is 6.17. The second-order valence-corrected chi connectivity index (χ2v) is 8.67. The first-order valence-corrected chi connectivity index (χ1v) is 11.3. The molecule has 1 N–H and O–H groups in total. The average molecular weight is 477 g/mol. The number of carbonyl (C=O) groups excluding carboxylic acids is 1. The van der Waals surface area contributed by atoms with Gasteiger partial charge in [0, 0.05) is 35.4 Å². The molecule has 0 atom stereocenters. The second kappa shape index (κ2) is 8.75. The van der Waals surface area contributed by atoms with Crippen LogP contribution in [0.25, 0.3) is 16.7 Å². The molecule has 1 amide bonds. The zero-order chi connectivity index (χ0) is 23.8. The van der Waals surface area contributed by atoms with Gasteiger partial charge in [-0.05, 0) is 73.9 Å². The predicted molar refractivity (Wildman–Crippen MR) is 131 cm³/mol. The van der Waals surface area contributed by atoms with Crippen LogP contribution in [-0.2, 0) is 0 Å². The van der Waals surface area contributed by atoms with E-state index in [1.54, 1.807) is 30.3 Å². The lowest BCUT2D eigenvalue weighted by molar-refractivity contribution is -0.384. The maximum atomic E-state index is 13.0. The summed E-state index contributed by atoms with van der Waals surface area (Å²) in [6, 6.07) is 15.4. The first-order valence-electron chi connectivity index (χ1n) is 10.9. The van der Waals surface area contributed by atoms with Crippen molar-refractivity contribution in [2.75, 3.05) is 23.3 Å². The van der Waals surface area contributed by atoms with Crippen molar-refractivity contribution in [3.63, 3.8) is 0 Å². The quantitative estimate of drug-likeness (QED) is 0.315. The zero-order valence-corrected chi connectivity index (χ0v) is 19.1. The summed E-state index contributed by atoms with van der Waals surface area (Å²) >= 11 is 5.96. The lowest BCUT2D eigenvalue weighted by Crippen LogP contribution is -2.20. The molecule has 1 aliphatic rings. The van der Waals surface area contributed by atoms with Crippen molar-refractivity contribution >= 4 is 45.6 Å². The van der Waals surface area contributed by atoms with Gasteiger partial charge in [0.15, 0.2) is 0 Å². The first-order chi connectivity index (χ1) is 16.4. The molecule has 2 heterocycles. The van der Waals surface area contributed by atoms with Crippen LogP contribution in [0.5, 0.6) is 0 Å². The summed E-state index contributed by atoms with van der Waals surface area (Å²) in [5, 5.41) is 24.2. The van der Waals surface area contributed by atoms with Crippen LogP contribution in [-0.4, -0.2) is 38.9 Å². The van der Waals surface area contributed by atoms with Gasteiger partial charge in [0.2, 0.25) is 0 Å². The topological polar surface area (TPSA) is 106 Å². The number of hydrogen-bond donors (Lipinski definition) is 1. The Balaban J connectivity index is 1.42. The van der Waals surface area contributed by atoms with Crippen molar-refractivity contribution in [3.8, 4) is 5.69 Å². The van der Waals surface area contributed by atoms with Crippen molar-refractivity contribution in [2.24, 2.45) is 0 Å². The molecule has 172 valence electrons. The number of fused-ring (bicyclic) bond motifs is 1. The summed E-state index contributed by atoms with van der Waals surface area (Å²) in [6.45, 7) is 3.42. The Morgan fingerprint density at radius 2 is 1.71 bits per heavy atom. The van der Waals surface area contributed by atoms with Crippen LogP contribution in [0.3, 0.4) is 0 Å². The van der Waals surface area contributed by atoms with Gasteiger partial charge in [0.25, 0.3) is 11.6 Å². The highest BCUT2D eigenvalue weighted by molar-refractivity contribution is 6.30. The Morgan fingerprint density at radius 1 is 1.03 bits per heavy atom. The lowest BCUT2D eigenvalue weighted by Gasteiger charge is -2.18. The molecule has 10 heteroatoms. The molecule has 34 heavy (non-hydrogen) atoms. The molecule has 0 spiro atoms. The molecule has 1 saturated heterocycles. The Morgan fingerprint density at radius 3 is 2.38 bits per heavy atom. The van der Waals surface area contributed by atoms with Gasteiger partial charge in [0.1, 0.15) is 16.7 Å². The van der Waals surface area contributed by atoms with Crippen molar-refractivity contribution < 1.29 is 9.72 Å². The number of halogens is 1. The maximum absolute atomic E-state index is 13.0. The van der Waals surface area contributed by atoms with Crippen LogP contribution >= 0.6 is 11.6 Å². The minimum atomic E-state index is -0.434. The fourth-order valence-electron chi connectivity index (χ4n) is 4.12. The van der Waals surface area contributed by atoms with Crippen molar-refractivity contribution in [2.45, 2.75) is 19.8 Å². The van der Waals surface area contributed by atoms with Crippen molar-refractivity contribution in [3.05, 3.63) is 80.9 Å². The monoisotopic (exact) mass is 476 g/mol. The number of carbonyl (C=O) groups is 1. The highest BCUT2D eigenvalue weighted by Gasteiger charge is 2.24. The molecule has 0 bridgehead atoms. The maximum Gasteiger partial charge on any atom is 0.293 e. The number of nitrogens with one attached hydrogen (secondary N) is 1. The molecule has 5 rings (SSSR count). The number of anilines is 2. The zero-order valence-electron chi connectivity index (χ0n) is 18.4. The molecule has 1 aliphatic heterocycles. The van der Waals surface area contributed by atoms with E-state index in [0.29, 0.717) is 27.4 Å². The fourth-order valence-corrected chi connectivity index (χ4v) is 4.25. The van der Waals surface area contributed by atoms with E-state index < -0.39 is 10.8 Å². The largest absolute Gasteiger partial charge is 0.366 e. The number of benzene rings is 3. The molecule has 3 aromatic carbocycles. The smallest absolute Gasteiger partial charge is 0.293 e. The van der Waals surface area contributed by atoms with Gasteiger partial charge in [-0.15, -0.1) is 10.2 Å². The van der Waals surface area contributed by atoms with Gasteiger partial charge < -0.3 is 10.2 Å². The minimum absolute atomic E-state index is 0.0624. The van der Waals surface area contributed by atoms with E-state index in [0.717, 1.165) is 37.2 Å². The highest BCUT2D eigenvalue weighted by Crippen LogP contribution is 2.32. The number of hydrogen-bond acceptors (Lipinski definition) is 6. The number of rotatable bonds is 5. The Hall–Kier alpha value is -3.98. The second-order valence-electron chi connectivity index (χ2n) is 8.23. The first kappa shape index (κ1) is 21.8. The lowest BCUT2D eigenvalue weighted by atomic mass is 10.1. The molecule has 0 saturated carbocycles. The summed E-state index contributed by atoms with van der Waals surface area (Å²) in [6.07, 6.45) is 2.01. The molecular weight excluding hydrogens is 456 g/mol. The number of aryl methyl sites for hydroxylation is 1. The number of aromatic nitrogens is 3. The third kappa shape index (κ3) is 4.17. The standard InChI is InChI=1S/C24H21ClN6O3/c1-15-12-20-21(28-30(27-20)18-7-5-17(25)6-8-18)14-19(15)26-24(32)16-4-9-22(23(13-16)31(33)34)29-10-2-3-11-29/h4-9,12-14H,2-3,10-11H2,1H3,(H,26,32). The summed E-state index contributed by atoms with van der Waals surface area (Å²) in [4.78, 5) is 27.7. The van der Waals surface area contributed by atoms with E-state index in [9.17, 15) is 14.9 Å². The van der Waals surface area contributed by atoms with Gasteiger partial charge >= 0.3 is 0 Å². The van der Waals surface area contributed by atoms with Crippen LogP contribution in [0.4, 0.5) is 17.1 Å². The van der Waals surface area contributed by atoms with Crippen LogP contribution in [0.1, 0.15) is 28.8 Å². The molecule has 9 nitrogen and oxygen atoms in total. The van der Waals surface area contributed by atoms with E-state index in [-0.39, 0.29) is 11.3 Å². The van der Waals surface area contributed by atoms with E-state index in [2.05, 4.69) is 15.5 Å². The molecule has 1 fully saturated rings. The summed E-state index contributed by atoms with van der Waals surface area (Å²) in [7, 11) is 0. The normalized spacial score (nSPS) is 13.4. The third-order valence-electron chi connectivity index (χ3n) is 5.91. The molecule has 4 aromatic rings. The van der Waals surface area contributed by atoms with Crippen LogP contribution in [0.15, 0.2) is 54.6 Å². The summed E-state index contributed by atoms with van der Waals surface area (Å²) < 4.78 is 0. The molecule has 0 radical (unpaired) electrons. The van der Waals surface area contributed by atoms with Gasteiger partial charge in [-0.25, -0.2) is 0 Å². The Labute approximate surface area is 200 Å². The number of nitrogens with zero attached hydrogens (tertiary/aromatic N) is 5. The number of nitro benzene ring substituents is 1. The van der Waals surface area contributed by atoms with E-state index in [1.165, 1.54) is 10.9 Å². The average Bonchev–Trinajstić information content (AvgIpc) is 3.49. The Kier molecular flexibility index (Phi) is 5.62. The van der Waals surface area contributed by atoms with Gasteiger partial charge in [-0.1, -0.05) is 11.6 Å². The van der Waals surface area contributed by atoms with E-state index >= 15 is 0 Å². The van der Waals surface area contributed by atoms with Crippen LogP contribution in [0, 0.1) is 17.0 Å². The van der Waals surface area contributed by atoms with Crippen LogP contribution < -0.4 is 10.2 Å². The highest BCUT2D eigenvalue weighted by atomic mass is 35.5. The molecule has 0 aliphatic carbocycles. The van der Waals surface area contributed by atoms with Crippen molar-refractivity contribution in [1.29, 1.82) is 0 Å². The summed E-state index contributed by atoms with van der Waals surface area (Å²) in [5.74, 6) is -0.427. The predicted octanol–water partition coefficient (Wildman–Crippen LogP) is 5.14.